The Morgan fingerprint density at radius 2 is 1.75 bits per heavy atom. The van der Waals surface area contributed by atoms with E-state index in [-0.39, 0.29) is 23.1 Å². The van der Waals surface area contributed by atoms with E-state index >= 15 is 0 Å². The van der Waals surface area contributed by atoms with Crippen LogP contribution in [-0.2, 0) is 12.0 Å². The zero-order valence-corrected chi connectivity index (χ0v) is 11.2. The van der Waals surface area contributed by atoms with Gasteiger partial charge in [0, 0.05) is 18.0 Å². The molecule has 0 radical (unpaired) electrons. The fourth-order valence-electron chi connectivity index (χ4n) is 3.72. The predicted octanol–water partition coefficient (Wildman–Crippen LogP) is 3.47. The molecule has 3 aliphatic rings. The van der Waals surface area contributed by atoms with Gasteiger partial charge in [-0.05, 0) is 59.9 Å². The summed E-state index contributed by atoms with van der Waals surface area (Å²) in [4.78, 5) is 0. The first-order valence-electron chi connectivity index (χ1n) is 6.90. The molecule has 1 nitrogen and oxygen atoms in total. The first-order chi connectivity index (χ1) is 9.57. The number of hydrogen-bond acceptors (Lipinski definition) is 1. The maximum atomic E-state index is 13.6. The molecule has 2 unspecified atom stereocenters. The third-order valence-corrected chi connectivity index (χ3v) is 4.71. The lowest BCUT2D eigenvalue weighted by atomic mass is 9.79. The fourth-order valence-corrected chi connectivity index (χ4v) is 3.72. The highest BCUT2D eigenvalue weighted by molar-refractivity contribution is 5.51. The summed E-state index contributed by atoms with van der Waals surface area (Å²) in [5, 5.41) is 3.55. The molecule has 20 heavy (non-hydrogen) atoms. The van der Waals surface area contributed by atoms with Crippen LogP contribution in [0.4, 0.5) is 8.78 Å². The lowest BCUT2D eigenvalue weighted by molar-refractivity contribution is 0.346. The van der Waals surface area contributed by atoms with Crippen molar-refractivity contribution in [2.24, 2.45) is 0 Å². The number of rotatable bonds is 0. The van der Waals surface area contributed by atoms with E-state index in [2.05, 4.69) is 12.2 Å². The van der Waals surface area contributed by atoms with Crippen molar-refractivity contribution in [3.63, 3.8) is 0 Å². The zero-order valence-electron chi connectivity index (χ0n) is 11.2. The summed E-state index contributed by atoms with van der Waals surface area (Å²) in [6.45, 7) is 2.86. The van der Waals surface area contributed by atoms with Gasteiger partial charge in [-0.1, -0.05) is 12.1 Å². The molecule has 0 aromatic heterocycles. The molecule has 2 aromatic rings. The monoisotopic (exact) mass is 271 g/mol. The Morgan fingerprint density at radius 3 is 2.55 bits per heavy atom. The summed E-state index contributed by atoms with van der Waals surface area (Å²) in [7, 11) is 0. The normalized spacial score (nSPS) is 26.9. The number of halogens is 2. The number of nitrogens with one attached hydrogen (secondary N) is 1. The minimum atomic E-state index is -0.225. The second-order valence-electron chi connectivity index (χ2n) is 6.02. The Labute approximate surface area is 116 Å². The van der Waals surface area contributed by atoms with Crippen molar-refractivity contribution in [2.75, 3.05) is 6.54 Å². The van der Waals surface area contributed by atoms with Crippen molar-refractivity contribution in [1.82, 2.24) is 5.32 Å². The molecule has 5 rings (SSSR count). The molecule has 0 spiro atoms. The molecule has 102 valence electrons. The Bertz CT molecular complexity index is 710. The van der Waals surface area contributed by atoms with Gasteiger partial charge in [0.25, 0.3) is 0 Å². The van der Waals surface area contributed by atoms with Crippen LogP contribution in [0.25, 0.3) is 0 Å². The van der Waals surface area contributed by atoms with Crippen molar-refractivity contribution in [3.8, 4) is 0 Å². The van der Waals surface area contributed by atoms with Crippen LogP contribution in [0.2, 0.25) is 0 Å². The van der Waals surface area contributed by atoms with Crippen molar-refractivity contribution >= 4 is 0 Å². The van der Waals surface area contributed by atoms with Gasteiger partial charge in [-0.25, -0.2) is 8.78 Å². The van der Waals surface area contributed by atoms with Gasteiger partial charge in [-0.2, -0.15) is 0 Å². The largest absolute Gasteiger partial charge is 0.306 e. The second kappa shape index (κ2) is 3.89. The minimum absolute atomic E-state index is 0.0296. The first kappa shape index (κ1) is 12.0. The van der Waals surface area contributed by atoms with Gasteiger partial charge in [0.05, 0.1) is 0 Å². The number of fused-ring (bicyclic) bond motifs is 1. The highest BCUT2D eigenvalue weighted by Gasteiger charge is 2.41. The third-order valence-electron chi connectivity index (χ3n) is 4.71. The average molecular weight is 271 g/mol. The maximum Gasteiger partial charge on any atom is 0.123 e. The Morgan fingerprint density at radius 1 is 1.05 bits per heavy atom. The van der Waals surface area contributed by atoms with Gasteiger partial charge in [-0.3, -0.25) is 0 Å². The van der Waals surface area contributed by atoms with Crippen LogP contribution in [0.1, 0.15) is 35.1 Å². The first-order valence-corrected chi connectivity index (χ1v) is 6.90. The van der Waals surface area contributed by atoms with Gasteiger partial charge >= 0.3 is 0 Å². The molecule has 2 aliphatic heterocycles. The molecule has 0 amide bonds. The van der Waals surface area contributed by atoms with Crippen LogP contribution in [0, 0.1) is 11.6 Å². The minimum Gasteiger partial charge on any atom is -0.306 e. The molecule has 0 saturated carbocycles. The van der Waals surface area contributed by atoms with E-state index in [0.29, 0.717) is 0 Å². The highest BCUT2D eigenvalue weighted by Crippen LogP contribution is 2.44. The summed E-state index contributed by atoms with van der Waals surface area (Å²) >= 11 is 0. The van der Waals surface area contributed by atoms with E-state index in [1.165, 1.54) is 12.1 Å². The standard InChI is InChI=1S/C17H15F2N/c1-17-8-10-2-3-11(18)6-13(10)15(9-20-17)14-7-12(19)4-5-16(14)17/h2-7,15,20H,8-9H2,1H3. The average Bonchev–Trinajstić information content (AvgIpc) is 2.60. The van der Waals surface area contributed by atoms with E-state index in [1.54, 1.807) is 12.1 Å². The fraction of sp³-hybridized carbons (Fsp3) is 0.294. The molecule has 2 aromatic carbocycles. The molecule has 1 N–H and O–H groups in total. The Hall–Kier alpha value is -1.74. The summed E-state index contributed by atoms with van der Waals surface area (Å²) in [6, 6.07) is 9.97. The molecule has 2 heterocycles. The van der Waals surface area contributed by atoms with Crippen molar-refractivity contribution in [2.45, 2.75) is 24.8 Å². The molecule has 1 aliphatic carbocycles. The molecular formula is C17H15F2N. The van der Waals surface area contributed by atoms with Gasteiger partial charge in [0.2, 0.25) is 0 Å². The summed E-state index contributed by atoms with van der Waals surface area (Å²) in [5.74, 6) is -0.419. The van der Waals surface area contributed by atoms with E-state index in [4.69, 9.17) is 0 Å². The van der Waals surface area contributed by atoms with Crippen LogP contribution in [0.3, 0.4) is 0 Å². The zero-order chi connectivity index (χ0) is 13.9. The quantitative estimate of drug-likeness (QED) is 0.773. The highest BCUT2D eigenvalue weighted by atomic mass is 19.1. The second-order valence-corrected chi connectivity index (χ2v) is 6.02. The smallest absolute Gasteiger partial charge is 0.123 e. The van der Waals surface area contributed by atoms with Crippen LogP contribution in [-0.4, -0.2) is 6.54 Å². The van der Waals surface area contributed by atoms with Crippen LogP contribution >= 0.6 is 0 Å². The van der Waals surface area contributed by atoms with E-state index in [1.807, 2.05) is 12.1 Å². The summed E-state index contributed by atoms with van der Waals surface area (Å²) in [5.41, 5.74) is 4.07. The van der Waals surface area contributed by atoms with Gasteiger partial charge < -0.3 is 5.32 Å². The van der Waals surface area contributed by atoms with E-state index < -0.39 is 0 Å². The molecule has 0 fully saturated rings. The lowest BCUT2D eigenvalue weighted by Gasteiger charge is -2.37. The van der Waals surface area contributed by atoms with Crippen LogP contribution < -0.4 is 5.32 Å². The number of hydrogen-bond donors (Lipinski definition) is 1. The summed E-state index contributed by atoms with van der Waals surface area (Å²) < 4.78 is 27.2. The Kier molecular flexibility index (Phi) is 2.34. The van der Waals surface area contributed by atoms with Crippen molar-refractivity contribution < 1.29 is 8.78 Å². The van der Waals surface area contributed by atoms with Gasteiger partial charge in [0.1, 0.15) is 11.6 Å². The maximum absolute atomic E-state index is 13.6. The van der Waals surface area contributed by atoms with Crippen molar-refractivity contribution in [1.29, 1.82) is 0 Å². The molecule has 3 heteroatoms. The molecule has 0 saturated heterocycles. The number of benzene rings is 2. The van der Waals surface area contributed by atoms with E-state index in [0.717, 1.165) is 35.2 Å². The van der Waals surface area contributed by atoms with Crippen LogP contribution in [0.5, 0.6) is 0 Å². The third kappa shape index (κ3) is 1.56. The molecule has 2 bridgehead atoms. The van der Waals surface area contributed by atoms with Gasteiger partial charge in [0.15, 0.2) is 0 Å². The lowest BCUT2D eigenvalue weighted by Crippen LogP contribution is -2.46. The predicted molar refractivity (Wildman–Crippen MR) is 73.7 cm³/mol. The summed E-state index contributed by atoms with van der Waals surface area (Å²) in [6.07, 6.45) is 0.803. The topological polar surface area (TPSA) is 12.0 Å². The molecular weight excluding hydrogens is 256 g/mol. The van der Waals surface area contributed by atoms with Crippen LogP contribution in [0.15, 0.2) is 36.4 Å². The van der Waals surface area contributed by atoms with E-state index in [9.17, 15) is 8.78 Å². The Balaban J connectivity index is 2.03. The SMILES string of the molecule is CC12Cc3ccc(F)cc3C(CN1)c1cc(F)ccc12. The molecule has 2 atom stereocenters. The van der Waals surface area contributed by atoms with Gasteiger partial charge in [-0.15, -0.1) is 0 Å². The van der Waals surface area contributed by atoms with Crippen molar-refractivity contribution in [3.05, 3.63) is 70.3 Å².